The lowest BCUT2D eigenvalue weighted by molar-refractivity contribution is 1.08. The van der Waals surface area contributed by atoms with E-state index in [0.29, 0.717) is 4.64 Å². The Labute approximate surface area is 81.6 Å². The van der Waals surface area contributed by atoms with E-state index in [1.54, 1.807) is 0 Å². The van der Waals surface area contributed by atoms with E-state index in [4.69, 9.17) is 12.2 Å². The maximum Gasteiger partial charge on any atom is 0.137 e. The monoisotopic (exact) mass is 190 g/mol. The fraction of sp³-hybridized carbons (Fsp3) is 0.200. The molecule has 1 N–H and O–H groups in total. The van der Waals surface area contributed by atoms with Crippen LogP contribution in [0.4, 0.5) is 0 Å². The molecule has 0 atom stereocenters. The third-order valence-electron chi connectivity index (χ3n) is 1.99. The molecule has 2 rings (SSSR count). The van der Waals surface area contributed by atoms with Gasteiger partial charge in [-0.1, -0.05) is 23.8 Å². The molecule has 0 unspecified atom stereocenters. The molecule has 0 saturated heterocycles. The Hall–Kier alpha value is -1.22. The Balaban J connectivity index is 2.95. The molecule has 3 heteroatoms. The van der Waals surface area contributed by atoms with Crippen LogP contribution < -0.4 is 0 Å². The van der Waals surface area contributed by atoms with Crippen molar-refractivity contribution in [3.8, 4) is 0 Å². The highest BCUT2D eigenvalue weighted by atomic mass is 32.1. The molecule has 0 bridgehead atoms. The van der Waals surface area contributed by atoms with Gasteiger partial charge in [-0.25, -0.2) is 4.98 Å². The Morgan fingerprint density at radius 2 is 2.08 bits per heavy atom. The topological polar surface area (TPSA) is 28.7 Å². The zero-order chi connectivity index (χ0) is 9.42. The number of aromatic nitrogens is 2. The lowest BCUT2D eigenvalue weighted by Crippen LogP contribution is -1.89. The van der Waals surface area contributed by atoms with Crippen molar-refractivity contribution in [3.63, 3.8) is 0 Å². The van der Waals surface area contributed by atoms with E-state index >= 15 is 0 Å². The first-order valence-corrected chi connectivity index (χ1v) is 4.55. The van der Waals surface area contributed by atoms with E-state index in [2.05, 4.69) is 22.1 Å². The van der Waals surface area contributed by atoms with Gasteiger partial charge in [0.25, 0.3) is 0 Å². The van der Waals surface area contributed by atoms with Crippen molar-refractivity contribution in [2.75, 3.05) is 0 Å². The molecule has 2 aromatic rings. The van der Waals surface area contributed by atoms with Crippen molar-refractivity contribution in [1.29, 1.82) is 0 Å². The normalized spacial score (nSPS) is 10.6. The number of benzene rings is 1. The van der Waals surface area contributed by atoms with Gasteiger partial charge in [0.1, 0.15) is 10.5 Å². The van der Waals surface area contributed by atoms with Crippen molar-refractivity contribution in [2.24, 2.45) is 0 Å². The van der Waals surface area contributed by atoms with Gasteiger partial charge in [-0.05, 0) is 26.0 Å². The number of hydrogen-bond acceptors (Lipinski definition) is 2. The van der Waals surface area contributed by atoms with Crippen molar-refractivity contribution in [3.05, 3.63) is 34.2 Å². The molecule has 0 spiro atoms. The molecule has 1 heterocycles. The number of hydrogen-bond donors (Lipinski definition) is 1. The Kier molecular flexibility index (Phi) is 1.88. The molecular formula is C10H10N2S. The Bertz CT molecular complexity index is 514. The van der Waals surface area contributed by atoms with E-state index < -0.39 is 0 Å². The van der Waals surface area contributed by atoms with Crippen molar-refractivity contribution in [1.82, 2.24) is 9.97 Å². The van der Waals surface area contributed by atoms with Gasteiger partial charge in [0.2, 0.25) is 0 Å². The summed E-state index contributed by atoms with van der Waals surface area (Å²) in [5.41, 5.74) is 2.26. The number of nitrogens with one attached hydrogen (secondary N) is 1. The molecule has 1 aromatic heterocycles. The molecule has 0 aliphatic heterocycles. The van der Waals surface area contributed by atoms with E-state index in [9.17, 15) is 0 Å². The molecule has 0 aliphatic rings. The second-order valence-corrected chi connectivity index (χ2v) is 3.56. The summed E-state index contributed by atoms with van der Waals surface area (Å²) in [7, 11) is 0. The number of fused-ring (bicyclic) bond motifs is 1. The van der Waals surface area contributed by atoms with E-state index in [1.165, 1.54) is 5.56 Å². The van der Waals surface area contributed by atoms with Crippen LogP contribution in [0.2, 0.25) is 0 Å². The largest absolute Gasteiger partial charge is 0.343 e. The van der Waals surface area contributed by atoms with Crippen LogP contribution in [0.15, 0.2) is 18.2 Å². The van der Waals surface area contributed by atoms with Crippen molar-refractivity contribution in [2.45, 2.75) is 13.8 Å². The molecule has 2 nitrogen and oxygen atoms in total. The summed E-state index contributed by atoms with van der Waals surface area (Å²) in [4.78, 5) is 7.38. The van der Waals surface area contributed by atoms with Gasteiger partial charge in [-0.2, -0.15) is 0 Å². The third-order valence-corrected chi connectivity index (χ3v) is 2.30. The van der Waals surface area contributed by atoms with Gasteiger partial charge in [-0.3, -0.25) is 0 Å². The van der Waals surface area contributed by atoms with Gasteiger partial charge in [-0.15, -0.1) is 0 Å². The van der Waals surface area contributed by atoms with Gasteiger partial charge in [0.05, 0.1) is 0 Å². The summed E-state index contributed by atoms with van der Waals surface area (Å²) >= 11 is 5.17. The van der Waals surface area contributed by atoms with Crippen LogP contribution in [0.1, 0.15) is 11.4 Å². The van der Waals surface area contributed by atoms with Crippen LogP contribution in [0, 0.1) is 18.5 Å². The van der Waals surface area contributed by atoms with Gasteiger partial charge >= 0.3 is 0 Å². The molecule has 0 saturated carbocycles. The van der Waals surface area contributed by atoms with Crippen molar-refractivity contribution < 1.29 is 0 Å². The highest BCUT2D eigenvalue weighted by molar-refractivity contribution is 7.71. The predicted octanol–water partition coefficient (Wildman–Crippen LogP) is 2.91. The number of H-pyrrole nitrogens is 1. The minimum absolute atomic E-state index is 0.676. The molecule has 0 amide bonds. The molecule has 0 aliphatic carbocycles. The number of aromatic amines is 1. The maximum absolute atomic E-state index is 5.17. The summed E-state index contributed by atoms with van der Waals surface area (Å²) in [6, 6.07) is 6.16. The van der Waals surface area contributed by atoms with Crippen LogP contribution >= 0.6 is 12.2 Å². The van der Waals surface area contributed by atoms with E-state index in [-0.39, 0.29) is 0 Å². The summed E-state index contributed by atoms with van der Waals surface area (Å²) in [5, 5.41) is 1.03. The summed E-state index contributed by atoms with van der Waals surface area (Å²) in [5.74, 6) is 0.862. The molecule has 13 heavy (non-hydrogen) atoms. The molecule has 0 fully saturated rings. The standard InChI is InChI=1S/C10H10N2S/c1-6-3-4-9-8(5-6)10(13)12-7(2)11-9/h3-5H,1-2H3,(H,11,12,13). The summed E-state index contributed by atoms with van der Waals surface area (Å²) in [6.07, 6.45) is 0. The smallest absolute Gasteiger partial charge is 0.137 e. The average Bonchev–Trinajstić information content (AvgIpc) is 2.06. The maximum atomic E-state index is 5.17. The zero-order valence-corrected chi connectivity index (χ0v) is 8.40. The molecule has 1 aromatic carbocycles. The van der Waals surface area contributed by atoms with Crippen LogP contribution in [-0.2, 0) is 0 Å². The summed E-state index contributed by atoms with van der Waals surface area (Å²) in [6.45, 7) is 3.96. The molecular weight excluding hydrogens is 180 g/mol. The Morgan fingerprint density at radius 3 is 2.85 bits per heavy atom. The highest BCUT2D eigenvalue weighted by Crippen LogP contribution is 2.14. The van der Waals surface area contributed by atoms with Crippen LogP contribution in [0.25, 0.3) is 10.9 Å². The van der Waals surface area contributed by atoms with Crippen LogP contribution in [0.3, 0.4) is 0 Å². The predicted molar refractivity (Wildman–Crippen MR) is 56.4 cm³/mol. The minimum Gasteiger partial charge on any atom is -0.343 e. The van der Waals surface area contributed by atoms with Gasteiger partial charge in [0, 0.05) is 10.9 Å². The van der Waals surface area contributed by atoms with E-state index in [1.807, 2.05) is 19.9 Å². The molecule has 66 valence electrons. The quantitative estimate of drug-likeness (QED) is 0.647. The third kappa shape index (κ3) is 1.47. The van der Waals surface area contributed by atoms with Crippen molar-refractivity contribution >= 4 is 23.1 Å². The number of nitrogens with zero attached hydrogens (tertiary/aromatic N) is 1. The second kappa shape index (κ2) is 2.92. The lowest BCUT2D eigenvalue weighted by atomic mass is 10.2. The average molecular weight is 190 g/mol. The number of aryl methyl sites for hydroxylation is 2. The zero-order valence-electron chi connectivity index (χ0n) is 7.59. The van der Waals surface area contributed by atoms with E-state index in [0.717, 1.165) is 16.7 Å². The van der Waals surface area contributed by atoms with Gasteiger partial charge < -0.3 is 4.98 Å². The van der Waals surface area contributed by atoms with Crippen LogP contribution in [-0.4, -0.2) is 9.97 Å². The highest BCUT2D eigenvalue weighted by Gasteiger charge is 1.97. The number of rotatable bonds is 0. The molecule has 0 radical (unpaired) electrons. The Morgan fingerprint density at radius 1 is 1.31 bits per heavy atom. The minimum atomic E-state index is 0.676. The first kappa shape index (κ1) is 8.38. The first-order chi connectivity index (χ1) is 6.16. The van der Waals surface area contributed by atoms with Gasteiger partial charge in [0.15, 0.2) is 0 Å². The fourth-order valence-electron chi connectivity index (χ4n) is 1.38. The lowest BCUT2D eigenvalue weighted by Gasteiger charge is -2.00. The summed E-state index contributed by atoms with van der Waals surface area (Å²) < 4.78 is 0.676. The first-order valence-electron chi connectivity index (χ1n) is 4.14. The second-order valence-electron chi connectivity index (χ2n) is 3.18. The fourth-order valence-corrected chi connectivity index (χ4v) is 1.69. The van der Waals surface area contributed by atoms with Crippen LogP contribution in [0.5, 0.6) is 0 Å². The SMILES string of the molecule is Cc1ccc2[nH]c(C)nc(=S)c2c1.